The van der Waals surface area contributed by atoms with E-state index < -0.39 is 0 Å². The molecule has 1 saturated carbocycles. The summed E-state index contributed by atoms with van der Waals surface area (Å²) in [5.41, 5.74) is 1.26. The zero-order valence-electron chi connectivity index (χ0n) is 16.6. The molecule has 1 N–H and O–H groups in total. The Morgan fingerprint density at radius 3 is 2.18 bits per heavy atom. The van der Waals surface area contributed by atoms with Crippen LogP contribution in [0.4, 0.5) is 4.79 Å². The molecule has 1 aromatic rings. The molecule has 152 valence electrons. The van der Waals surface area contributed by atoms with Gasteiger partial charge >= 0.3 is 6.09 Å². The lowest BCUT2D eigenvalue weighted by Crippen LogP contribution is -2.46. The van der Waals surface area contributed by atoms with E-state index in [0.717, 1.165) is 25.7 Å². The maximum atomic E-state index is 12.6. The SMILES string of the molecule is CCOC(=O)N1CCC(NC(=O)c2ccc(C(=O)C3CCCCC3)cc2)CC1. The number of hydrogen-bond donors (Lipinski definition) is 1. The standard InChI is InChI=1S/C22H30N2O4/c1-2-28-22(27)24-14-12-19(13-15-24)23-21(26)18-10-8-17(9-11-18)20(25)16-6-4-3-5-7-16/h8-11,16,19H,2-7,12-15H2,1H3,(H,23,26). The van der Waals surface area contributed by atoms with Crippen molar-refractivity contribution in [1.29, 1.82) is 0 Å². The molecule has 2 aliphatic rings. The highest BCUT2D eigenvalue weighted by atomic mass is 16.6. The summed E-state index contributed by atoms with van der Waals surface area (Å²) < 4.78 is 5.01. The van der Waals surface area contributed by atoms with Gasteiger partial charge in [0.1, 0.15) is 0 Å². The lowest BCUT2D eigenvalue weighted by atomic mass is 9.84. The number of ether oxygens (including phenoxy) is 1. The van der Waals surface area contributed by atoms with Gasteiger partial charge in [-0.3, -0.25) is 9.59 Å². The van der Waals surface area contributed by atoms with E-state index >= 15 is 0 Å². The second kappa shape index (κ2) is 9.71. The number of ketones is 1. The average molecular weight is 386 g/mol. The van der Waals surface area contributed by atoms with E-state index in [1.165, 1.54) is 6.42 Å². The monoisotopic (exact) mass is 386 g/mol. The summed E-state index contributed by atoms with van der Waals surface area (Å²) >= 11 is 0. The van der Waals surface area contributed by atoms with Gasteiger partial charge in [0, 0.05) is 36.2 Å². The Morgan fingerprint density at radius 2 is 1.57 bits per heavy atom. The number of likely N-dealkylation sites (tertiary alicyclic amines) is 1. The Morgan fingerprint density at radius 1 is 0.964 bits per heavy atom. The smallest absolute Gasteiger partial charge is 0.409 e. The van der Waals surface area contributed by atoms with Crippen LogP contribution >= 0.6 is 0 Å². The lowest BCUT2D eigenvalue weighted by molar-refractivity contribution is 0.0854. The van der Waals surface area contributed by atoms with Crippen LogP contribution in [-0.2, 0) is 4.74 Å². The summed E-state index contributed by atoms with van der Waals surface area (Å²) in [6.07, 6.45) is 6.58. The average Bonchev–Trinajstić information content (AvgIpc) is 2.74. The van der Waals surface area contributed by atoms with Crippen molar-refractivity contribution < 1.29 is 19.1 Å². The highest BCUT2D eigenvalue weighted by Gasteiger charge is 2.25. The molecule has 0 aromatic heterocycles. The van der Waals surface area contributed by atoms with E-state index in [9.17, 15) is 14.4 Å². The van der Waals surface area contributed by atoms with Crippen molar-refractivity contribution in [2.75, 3.05) is 19.7 Å². The van der Waals surface area contributed by atoms with Crippen LogP contribution in [0.15, 0.2) is 24.3 Å². The topological polar surface area (TPSA) is 75.7 Å². The number of hydrogen-bond acceptors (Lipinski definition) is 4. The summed E-state index contributed by atoms with van der Waals surface area (Å²) in [6.45, 7) is 3.32. The highest BCUT2D eigenvalue weighted by Crippen LogP contribution is 2.27. The van der Waals surface area contributed by atoms with Crippen molar-refractivity contribution >= 4 is 17.8 Å². The van der Waals surface area contributed by atoms with Crippen LogP contribution in [-0.4, -0.2) is 48.4 Å². The van der Waals surface area contributed by atoms with Crippen molar-refractivity contribution in [2.45, 2.75) is 57.9 Å². The lowest BCUT2D eigenvalue weighted by Gasteiger charge is -2.31. The molecule has 6 heteroatoms. The molecule has 0 radical (unpaired) electrons. The number of Topliss-reactive ketones (excluding diaryl/α,β-unsaturated/α-hetero) is 1. The predicted octanol–water partition coefficient (Wildman–Crippen LogP) is 3.80. The van der Waals surface area contributed by atoms with Crippen LogP contribution in [0.2, 0.25) is 0 Å². The largest absolute Gasteiger partial charge is 0.450 e. The third-order valence-electron chi connectivity index (χ3n) is 5.76. The molecule has 0 unspecified atom stereocenters. The summed E-state index contributed by atoms with van der Waals surface area (Å²) in [5.74, 6) is 0.210. The van der Waals surface area contributed by atoms with E-state index in [4.69, 9.17) is 4.74 Å². The van der Waals surface area contributed by atoms with Crippen LogP contribution in [0, 0.1) is 5.92 Å². The Bertz CT molecular complexity index is 687. The quantitative estimate of drug-likeness (QED) is 0.781. The van der Waals surface area contributed by atoms with E-state index in [2.05, 4.69) is 5.32 Å². The minimum Gasteiger partial charge on any atom is -0.450 e. The fourth-order valence-electron chi connectivity index (χ4n) is 4.08. The van der Waals surface area contributed by atoms with E-state index in [1.807, 2.05) is 0 Å². The molecule has 3 rings (SSSR count). The third-order valence-corrected chi connectivity index (χ3v) is 5.76. The first-order valence-corrected chi connectivity index (χ1v) is 10.5. The molecule has 2 amide bonds. The van der Waals surface area contributed by atoms with Crippen molar-refractivity contribution in [1.82, 2.24) is 10.2 Å². The van der Waals surface area contributed by atoms with Crippen molar-refractivity contribution in [3.05, 3.63) is 35.4 Å². The first-order chi connectivity index (χ1) is 13.6. The number of amides is 2. The Balaban J connectivity index is 1.50. The van der Waals surface area contributed by atoms with Gasteiger partial charge in [-0.2, -0.15) is 0 Å². The maximum absolute atomic E-state index is 12.6. The van der Waals surface area contributed by atoms with Gasteiger partial charge in [-0.15, -0.1) is 0 Å². The Kier molecular flexibility index (Phi) is 7.06. The van der Waals surface area contributed by atoms with Crippen molar-refractivity contribution in [3.63, 3.8) is 0 Å². The maximum Gasteiger partial charge on any atom is 0.409 e. The van der Waals surface area contributed by atoms with Crippen molar-refractivity contribution in [3.8, 4) is 0 Å². The van der Waals surface area contributed by atoms with Gasteiger partial charge in [-0.1, -0.05) is 31.4 Å². The molecule has 28 heavy (non-hydrogen) atoms. The minimum atomic E-state index is -0.287. The van der Waals surface area contributed by atoms with Crippen LogP contribution < -0.4 is 5.32 Å². The van der Waals surface area contributed by atoms with E-state index in [1.54, 1.807) is 36.1 Å². The van der Waals surface area contributed by atoms with Gasteiger partial charge in [0.15, 0.2) is 5.78 Å². The zero-order valence-corrected chi connectivity index (χ0v) is 16.6. The molecular weight excluding hydrogens is 356 g/mol. The van der Waals surface area contributed by atoms with Crippen molar-refractivity contribution in [2.24, 2.45) is 5.92 Å². The number of rotatable bonds is 5. The summed E-state index contributed by atoms with van der Waals surface area (Å²) in [6, 6.07) is 7.06. The fraction of sp³-hybridized carbons (Fsp3) is 0.591. The number of carbonyl (C=O) groups excluding carboxylic acids is 3. The van der Waals surface area contributed by atoms with Gasteiger partial charge in [0.2, 0.25) is 0 Å². The van der Waals surface area contributed by atoms with Gasteiger partial charge in [-0.05, 0) is 44.7 Å². The molecule has 0 spiro atoms. The number of nitrogens with zero attached hydrogens (tertiary/aromatic N) is 1. The summed E-state index contributed by atoms with van der Waals surface area (Å²) in [4.78, 5) is 38.5. The van der Waals surface area contributed by atoms with Gasteiger partial charge in [0.05, 0.1) is 6.61 Å². The molecule has 1 saturated heterocycles. The van der Waals surface area contributed by atoms with Crippen LogP contribution in [0.1, 0.15) is 72.6 Å². The molecular formula is C22H30N2O4. The molecule has 1 aromatic carbocycles. The molecule has 0 atom stereocenters. The highest BCUT2D eigenvalue weighted by molar-refractivity contribution is 6.00. The molecule has 1 aliphatic carbocycles. The molecule has 1 aliphatic heterocycles. The Hall–Kier alpha value is -2.37. The molecule has 2 fully saturated rings. The van der Waals surface area contributed by atoms with Gasteiger partial charge in [0.25, 0.3) is 5.91 Å². The van der Waals surface area contributed by atoms with Crippen LogP contribution in [0.25, 0.3) is 0 Å². The molecule has 6 nitrogen and oxygen atoms in total. The van der Waals surface area contributed by atoms with Gasteiger partial charge < -0.3 is 15.0 Å². The fourth-order valence-corrected chi connectivity index (χ4v) is 4.08. The summed E-state index contributed by atoms with van der Waals surface area (Å²) in [7, 11) is 0. The Labute approximate surface area is 166 Å². The zero-order chi connectivity index (χ0) is 19.9. The number of nitrogens with one attached hydrogen (secondary N) is 1. The minimum absolute atomic E-state index is 0.0433. The van der Waals surface area contributed by atoms with E-state index in [-0.39, 0.29) is 29.7 Å². The first-order valence-electron chi connectivity index (χ1n) is 10.5. The predicted molar refractivity (Wildman–Crippen MR) is 106 cm³/mol. The second-order valence-corrected chi connectivity index (χ2v) is 7.71. The third kappa shape index (κ3) is 5.12. The van der Waals surface area contributed by atoms with E-state index in [0.29, 0.717) is 43.7 Å². The second-order valence-electron chi connectivity index (χ2n) is 7.71. The summed E-state index contributed by atoms with van der Waals surface area (Å²) in [5, 5.41) is 3.04. The molecule has 0 bridgehead atoms. The van der Waals surface area contributed by atoms with Crippen LogP contribution in [0.3, 0.4) is 0 Å². The molecule has 1 heterocycles. The number of benzene rings is 1. The normalized spacial score (nSPS) is 18.5. The first kappa shape index (κ1) is 20.4. The number of carbonyl (C=O) groups is 3. The van der Waals surface area contributed by atoms with Gasteiger partial charge in [-0.25, -0.2) is 4.79 Å². The van der Waals surface area contributed by atoms with Crippen LogP contribution in [0.5, 0.6) is 0 Å². The number of piperidine rings is 1.